The lowest BCUT2D eigenvalue weighted by Crippen LogP contribution is -2.53. The topological polar surface area (TPSA) is 77.9 Å². The summed E-state index contributed by atoms with van der Waals surface area (Å²) in [6.07, 6.45) is 5.75. The minimum Gasteiger partial charge on any atom is -0.491 e. The van der Waals surface area contributed by atoms with Gasteiger partial charge in [-0.2, -0.15) is 0 Å². The van der Waals surface area contributed by atoms with E-state index in [4.69, 9.17) is 21.3 Å². The van der Waals surface area contributed by atoms with Crippen LogP contribution in [-0.4, -0.2) is 58.8 Å². The number of piperidine rings is 1. The number of fused-ring (bicyclic) bond motifs is 2. The van der Waals surface area contributed by atoms with Gasteiger partial charge in [0.05, 0.1) is 17.2 Å². The molecule has 1 saturated carbocycles. The van der Waals surface area contributed by atoms with Gasteiger partial charge >= 0.3 is 0 Å². The third-order valence-electron chi connectivity index (χ3n) is 8.93. The Labute approximate surface area is 237 Å². The molecule has 1 saturated heterocycles. The van der Waals surface area contributed by atoms with Crippen molar-refractivity contribution in [2.45, 2.75) is 82.8 Å². The highest BCUT2D eigenvalue weighted by Crippen LogP contribution is 2.46. The van der Waals surface area contributed by atoms with E-state index in [1.165, 1.54) is 0 Å². The summed E-state index contributed by atoms with van der Waals surface area (Å²) in [5.74, 6) is 2.09. The van der Waals surface area contributed by atoms with Crippen molar-refractivity contribution in [1.82, 2.24) is 9.88 Å². The predicted octanol–water partition coefficient (Wildman–Crippen LogP) is 5.87. The van der Waals surface area contributed by atoms with Crippen molar-refractivity contribution in [1.29, 1.82) is 0 Å². The molecule has 0 bridgehead atoms. The van der Waals surface area contributed by atoms with Crippen LogP contribution in [0.3, 0.4) is 0 Å². The molecule has 7 nitrogen and oxygen atoms in total. The molecule has 1 atom stereocenters. The Hall–Kier alpha value is -2.61. The lowest BCUT2D eigenvalue weighted by molar-refractivity contribution is -0.122. The summed E-state index contributed by atoms with van der Waals surface area (Å²) in [6, 6.07) is 8.00. The van der Waals surface area contributed by atoms with E-state index in [1.54, 1.807) is 0 Å². The molecular weight excluding hydrogens is 512 g/mol. The van der Waals surface area contributed by atoms with Crippen LogP contribution in [0.25, 0.3) is 0 Å². The number of amides is 1. The van der Waals surface area contributed by atoms with E-state index in [2.05, 4.69) is 41.6 Å². The SMILES string of the molecule is C=C(C)N(c1ncc(OCCN2CCC3(CC2)C(=O)Nc2ccc(Cl)cc23)cc1[C@H](C)CC)C1CC(C)(O)C1. The number of allylic oxidation sites excluding steroid dienone is 1. The normalized spacial score (nSPS) is 24.6. The number of nitrogens with one attached hydrogen (secondary N) is 1. The van der Waals surface area contributed by atoms with Crippen LogP contribution in [0.4, 0.5) is 11.5 Å². The van der Waals surface area contributed by atoms with Crippen molar-refractivity contribution in [3.63, 3.8) is 0 Å². The van der Waals surface area contributed by atoms with E-state index in [1.807, 2.05) is 38.2 Å². The Bertz CT molecular complexity index is 1250. The zero-order valence-electron chi connectivity index (χ0n) is 23.6. The number of pyridine rings is 1. The van der Waals surface area contributed by atoms with E-state index in [0.717, 1.165) is 73.0 Å². The van der Waals surface area contributed by atoms with Crippen LogP contribution in [0, 0.1) is 0 Å². The fourth-order valence-corrected chi connectivity index (χ4v) is 6.63. The number of rotatable bonds is 9. The van der Waals surface area contributed by atoms with Gasteiger partial charge in [-0.3, -0.25) is 9.69 Å². The van der Waals surface area contributed by atoms with Gasteiger partial charge in [0, 0.05) is 34.6 Å². The summed E-state index contributed by atoms with van der Waals surface area (Å²) in [7, 11) is 0. The molecule has 210 valence electrons. The third kappa shape index (κ3) is 5.41. The first kappa shape index (κ1) is 27.9. The second kappa shape index (κ2) is 10.8. The molecule has 39 heavy (non-hydrogen) atoms. The zero-order chi connectivity index (χ0) is 27.9. The molecule has 2 N–H and O–H groups in total. The molecule has 1 aromatic carbocycles. The second-order valence-corrected chi connectivity index (χ2v) is 12.4. The van der Waals surface area contributed by atoms with Crippen molar-refractivity contribution in [2.75, 3.05) is 36.5 Å². The number of aromatic nitrogens is 1. The summed E-state index contributed by atoms with van der Waals surface area (Å²) in [6.45, 7) is 15.5. The molecule has 2 aliphatic heterocycles. The first-order valence-electron chi connectivity index (χ1n) is 14.2. The van der Waals surface area contributed by atoms with Gasteiger partial charge in [0.15, 0.2) is 0 Å². The summed E-state index contributed by atoms with van der Waals surface area (Å²) < 4.78 is 6.20. The lowest BCUT2D eigenvalue weighted by Gasteiger charge is -2.48. The summed E-state index contributed by atoms with van der Waals surface area (Å²) in [5.41, 5.74) is 2.91. The van der Waals surface area contributed by atoms with Crippen LogP contribution in [0.2, 0.25) is 5.02 Å². The van der Waals surface area contributed by atoms with E-state index in [9.17, 15) is 9.90 Å². The third-order valence-corrected chi connectivity index (χ3v) is 9.17. The van der Waals surface area contributed by atoms with Crippen LogP contribution in [0.5, 0.6) is 5.75 Å². The van der Waals surface area contributed by atoms with Crippen LogP contribution in [-0.2, 0) is 10.2 Å². The van der Waals surface area contributed by atoms with Crippen molar-refractivity contribution in [2.24, 2.45) is 0 Å². The van der Waals surface area contributed by atoms with Crippen molar-refractivity contribution in [3.8, 4) is 5.75 Å². The number of hydrogen-bond acceptors (Lipinski definition) is 6. The molecule has 2 fully saturated rings. The lowest BCUT2D eigenvalue weighted by atomic mass is 9.73. The zero-order valence-corrected chi connectivity index (χ0v) is 24.4. The number of ether oxygens (including phenoxy) is 1. The van der Waals surface area contributed by atoms with Crippen molar-refractivity contribution in [3.05, 3.63) is 58.9 Å². The quantitative estimate of drug-likeness (QED) is 0.405. The number of aliphatic hydroxyl groups is 1. The molecule has 3 heterocycles. The molecule has 0 unspecified atom stereocenters. The van der Waals surface area contributed by atoms with Gasteiger partial charge in [0.2, 0.25) is 5.91 Å². The van der Waals surface area contributed by atoms with Gasteiger partial charge in [-0.25, -0.2) is 4.98 Å². The fraction of sp³-hybridized carbons (Fsp3) is 0.548. The Morgan fingerprint density at radius 2 is 2.05 bits per heavy atom. The van der Waals surface area contributed by atoms with Gasteiger partial charge in [-0.15, -0.1) is 0 Å². The van der Waals surface area contributed by atoms with Crippen LogP contribution in [0.15, 0.2) is 42.7 Å². The number of anilines is 2. The van der Waals surface area contributed by atoms with Crippen molar-refractivity contribution < 1.29 is 14.6 Å². The molecule has 5 rings (SSSR count). The van der Waals surface area contributed by atoms with Gasteiger partial charge in [-0.05, 0) is 94.8 Å². The maximum atomic E-state index is 12.9. The standard InChI is InChI=1S/C31H41ClN4O3/c1-6-21(4)25-16-24(19-33-28(25)36(20(2)3)23-17-30(5,38)18-23)39-14-13-35-11-9-31(10-12-35)26-15-22(32)7-8-27(26)34-29(31)37/h7-8,15-16,19,21,23,38H,2,6,9-14,17-18H2,1,3-5H3,(H,34,37)/t21-,23?,30?/m1/s1. The van der Waals surface area contributed by atoms with Crippen molar-refractivity contribution >= 4 is 29.0 Å². The largest absolute Gasteiger partial charge is 0.491 e. The predicted molar refractivity (Wildman–Crippen MR) is 157 cm³/mol. The van der Waals surface area contributed by atoms with Crippen LogP contribution < -0.4 is 15.0 Å². The molecule has 1 amide bonds. The molecular formula is C31H41ClN4O3. The highest BCUT2D eigenvalue weighted by atomic mass is 35.5. The minimum absolute atomic E-state index is 0.0914. The number of carbonyl (C=O) groups is 1. The molecule has 1 aromatic heterocycles. The van der Waals surface area contributed by atoms with Gasteiger partial charge in [-0.1, -0.05) is 32.0 Å². The molecule has 2 aromatic rings. The molecule has 1 spiro atoms. The van der Waals surface area contributed by atoms with Crippen LogP contribution in [0.1, 0.15) is 76.8 Å². The monoisotopic (exact) mass is 552 g/mol. The molecule has 8 heteroatoms. The maximum Gasteiger partial charge on any atom is 0.235 e. The Kier molecular flexibility index (Phi) is 7.70. The molecule has 1 aliphatic carbocycles. The number of halogens is 1. The average Bonchev–Trinajstić information content (AvgIpc) is 3.14. The number of benzene rings is 1. The number of likely N-dealkylation sites (tertiary alicyclic amines) is 1. The number of carbonyl (C=O) groups excluding carboxylic acids is 1. The van der Waals surface area contributed by atoms with Gasteiger partial charge < -0.3 is 20.1 Å². The summed E-state index contributed by atoms with van der Waals surface area (Å²) in [5, 5.41) is 14.1. The first-order chi connectivity index (χ1) is 18.5. The molecule has 3 aliphatic rings. The average molecular weight is 553 g/mol. The maximum absolute atomic E-state index is 12.9. The second-order valence-electron chi connectivity index (χ2n) is 12.0. The van der Waals surface area contributed by atoms with E-state index >= 15 is 0 Å². The highest BCUT2D eigenvalue weighted by Gasteiger charge is 2.48. The van der Waals surface area contributed by atoms with E-state index in [0.29, 0.717) is 30.4 Å². The summed E-state index contributed by atoms with van der Waals surface area (Å²) >= 11 is 6.26. The first-order valence-corrected chi connectivity index (χ1v) is 14.5. The highest BCUT2D eigenvalue weighted by molar-refractivity contribution is 6.31. The smallest absolute Gasteiger partial charge is 0.235 e. The Balaban J connectivity index is 1.22. The number of hydrogen-bond donors (Lipinski definition) is 2. The van der Waals surface area contributed by atoms with E-state index < -0.39 is 11.0 Å². The van der Waals surface area contributed by atoms with E-state index in [-0.39, 0.29) is 11.9 Å². The van der Waals surface area contributed by atoms with Gasteiger partial charge in [0.25, 0.3) is 0 Å². The van der Waals surface area contributed by atoms with Crippen LogP contribution >= 0.6 is 11.6 Å². The molecule has 0 radical (unpaired) electrons. The Morgan fingerprint density at radius 1 is 1.33 bits per heavy atom. The fourth-order valence-electron chi connectivity index (χ4n) is 6.45. The minimum atomic E-state index is -0.621. The summed E-state index contributed by atoms with van der Waals surface area (Å²) in [4.78, 5) is 22.3. The Morgan fingerprint density at radius 3 is 2.69 bits per heavy atom. The van der Waals surface area contributed by atoms with Gasteiger partial charge in [0.1, 0.15) is 18.2 Å². The number of nitrogens with zero attached hydrogens (tertiary/aromatic N) is 3.